The molecule has 0 spiro atoms. The van der Waals surface area contributed by atoms with Crippen LogP contribution in [0.4, 0.5) is 0 Å². The fourth-order valence-corrected chi connectivity index (χ4v) is 2.38. The van der Waals surface area contributed by atoms with Gasteiger partial charge in [-0.25, -0.2) is 0 Å². The van der Waals surface area contributed by atoms with Gasteiger partial charge in [0.05, 0.1) is 13.2 Å². The Morgan fingerprint density at radius 2 is 1.08 bits per heavy atom. The summed E-state index contributed by atoms with van der Waals surface area (Å²) in [5.74, 6) is 1.04. The molecule has 0 aliphatic heterocycles. The lowest BCUT2D eigenvalue weighted by atomic mass is 9.96. The van der Waals surface area contributed by atoms with Gasteiger partial charge >= 0.3 is 11.9 Å². The first-order valence-electron chi connectivity index (χ1n) is 9.93. The number of unbranched alkanes of at least 4 members (excludes halogenated alkanes) is 2. The van der Waals surface area contributed by atoms with Crippen LogP contribution < -0.4 is 0 Å². The number of hydrogen-bond donors (Lipinski definition) is 0. The van der Waals surface area contributed by atoms with E-state index in [0.29, 0.717) is 24.7 Å². The van der Waals surface area contributed by atoms with E-state index in [-0.39, 0.29) is 30.6 Å². The fourth-order valence-electron chi connectivity index (χ4n) is 2.38. The quantitative estimate of drug-likeness (QED) is 0.303. The summed E-state index contributed by atoms with van der Waals surface area (Å²) in [7, 11) is 0. The highest BCUT2D eigenvalue weighted by Gasteiger charge is 2.22. The predicted octanol–water partition coefficient (Wildman–Crippen LogP) is 5.53. The molecule has 0 aromatic heterocycles. The molecular weight excluding hydrogens is 316 g/mol. The maximum absolute atomic E-state index is 11.8. The third kappa shape index (κ3) is 16.2. The first kappa shape index (κ1) is 23.9. The molecule has 4 heteroatoms. The van der Waals surface area contributed by atoms with E-state index in [1.54, 1.807) is 0 Å². The van der Waals surface area contributed by atoms with Crippen molar-refractivity contribution in [1.29, 1.82) is 0 Å². The lowest BCUT2D eigenvalue weighted by molar-refractivity contribution is -0.152. The summed E-state index contributed by atoms with van der Waals surface area (Å²) >= 11 is 0. The van der Waals surface area contributed by atoms with Crippen LogP contribution in [0.5, 0.6) is 0 Å². The van der Waals surface area contributed by atoms with Gasteiger partial charge in [0, 0.05) is 18.3 Å². The number of hydrogen-bond acceptors (Lipinski definition) is 4. The molecule has 0 aromatic carbocycles. The minimum absolute atomic E-state index is 0.156. The van der Waals surface area contributed by atoms with Crippen molar-refractivity contribution in [3.63, 3.8) is 0 Å². The highest BCUT2D eigenvalue weighted by Crippen LogP contribution is 2.18. The van der Waals surface area contributed by atoms with Crippen LogP contribution in [0.25, 0.3) is 0 Å². The molecule has 0 heterocycles. The number of ether oxygens (including phenoxy) is 2. The molecule has 0 rings (SSSR count). The zero-order valence-corrected chi connectivity index (χ0v) is 17.4. The van der Waals surface area contributed by atoms with Gasteiger partial charge < -0.3 is 9.47 Å². The van der Waals surface area contributed by atoms with Crippen LogP contribution in [0.15, 0.2) is 0 Å². The molecule has 0 saturated carbocycles. The summed E-state index contributed by atoms with van der Waals surface area (Å²) in [5.41, 5.74) is -0.346. The molecule has 4 nitrogen and oxygen atoms in total. The summed E-state index contributed by atoms with van der Waals surface area (Å²) in [6.07, 6.45) is 7.11. The zero-order chi connectivity index (χ0) is 19.3. The van der Waals surface area contributed by atoms with Crippen molar-refractivity contribution in [2.75, 3.05) is 13.2 Å². The van der Waals surface area contributed by atoms with Gasteiger partial charge in [0.2, 0.25) is 0 Å². The second-order valence-corrected chi connectivity index (χ2v) is 8.76. The molecular formula is C21H40O4. The van der Waals surface area contributed by atoms with Crippen molar-refractivity contribution in [2.45, 2.75) is 92.9 Å². The largest absolute Gasteiger partial charge is 0.465 e. The van der Waals surface area contributed by atoms with E-state index in [2.05, 4.69) is 27.7 Å². The molecule has 0 atom stereocenters. The highest BCUT2D eigenvalue weighted by molar-refractivity contribution is 5.69. The van der Waals surface area contributed by atoms with Gasteiger partial charge in [-0.15, -0.1) is 0 Å². The van der Waals surface area contributed by atoms with Crippen molar-refractivity contribution in [3.8, 4) is 0 Å². The molecule has 0 aliphatic rings. The monoisotopic (exact) mass is 356 g/mol. The van der Waals surface area contributed by atoms with Crippen molar-refractivity contribution < 1.29 is 19.1 Å². The minimum atomic E-state index is -0.346. The summed E-state index contributed by atoms with van der Waals surface area (Å²) in [5, 5.41) is 0. The van der Waals surface area contributed by atoms with Crippen LogP contribution in [0, 0.1) is 17.3 Å². The van der Waals surface area contributed by atoms with Gasteiger partial charge in [-0.3, -0.25) is 9.59 Å². The number of rotatable bonds is 14. The molecule has 0 unspecified atom stereocenters. The average molecular weight is 357 g/mol. The lowest BCUT2D eigenvalue weighted by Crippen LogP contribution is -2.28. The Kier molecular flexibility index (Phi) is 12.6. The Morgan fingerprint density at radius 3 is 1.40 bits per heavy atom. The Morgan fingerprint density at radius 1 is 0.720 bits per heavy atom. The van der Waals surface area contributed by atoms with E-state index in [1.165, 1.54) is 0 Å². The van der Waals surface area contributed by atoms with Crippen LogP contribution in [0.3, 0.4) is 0 Å². The van der Waals surface area contributed by atoms with E-state index in [9.17, 15) is 9.59 Å². The van der Waals surface area contributed by atoms with E-state index < -0.39 is 0 Å². The van der Waals surface area contributed by atoms with E-state index in [0.717, 1.165) is 38.5 Å². The molecule has 0 bridgehead atoms. The Balaban J connectivity index is 3.81. The highest BCUT2D eigenvalue weighted by atomic mass is 16.5. The summed E-state index contributed by atoms with van der Waals surface area (Å²) in [4.78, 5) is 23.5. The third-order valence-corrected chi connectivity index (χ3v) is 4.07. The zero-order valence-electron chi connectivity index (χ0n) is 17.4. The van der Waals surface area contributed by atoms with Crippen LogP contribution >= 0.6 is 0 Å². The fraction of sp³-hybridized carbons (Fsp3) is 0.905. The number of carbonyl (C=O) groups is 2. The summed E-state index contributed by atoms with van der Waals surface area (Å²) in [6.45, 7) is 13.2. The summed E-state index contributed by atoms with van der Waals surface area (Å²) < 4.78 is 10.7. The minimum Gasteiger partial charge on any atom is -0.465 e. The van der Waals surface area contributed by atoms with E-state index in [1.807, 2.05) is 13.8 Å². The topological polar surface area (TPSA) is 52.6 Å². The van der Waals surface area contributed by atoms with Crippen LogP contribution in [-0.4, -0.2) is 25.2 Å². The van der Waals surface area contributed by atoms with Gasteiger partial charge in [-0.05, 0) is 24.7 Å². The summed E-state index contributed by atoms with van der Waals surface area (Å²) in [6, 6.07) is 0. The van der Waals surface area contributed by atoms with Gasteiger partial charge in [0.1, 0.15) is 0 Å². The molecule has 0 amide bonds. The standard InChI is InChI=1S/C21H40O4/c1-17(2)11-7-9-13-19(22)24-15-21(5,6)16-25-20(23)14-10-8-12-18(3)4/h17-18H,7-16H2,1-6H3. The second kappa shape index (κ2) is 13.2. The molecule has 0 fully saturated rings. The van der Waals surface area contributed by atoms with Crippen LogP contribution in [-0.2, 0) is 19.1 Å². The molecule has 148 valence electrons. The second-order valence-electron chi connectivity index (χ2n) is 8.76. The first-order valence-corrected chi connectivity index (χ1v) is 9.93. The van der Waals surface area contributed by atoms with Gasteiger partial charge in [0.25, 0.3) is 0 Å². The number of esters is 2. The lowest BCUT2D eigenvalue weighted by Gasteiger charge is -2.23. The van der Waals surface area contributed by atoms with Gasteiger partial charge in [-0.2, -0.15) is 0 Å². The molecule has 0 aromatic rings. The maximum atomic E-state index is 11.8. The van der Waals surface area contributed by atoms with Crippen molar-refractivity contribution in [1.82, 2.24) is 0 Å². The number of carbonyl (C=O) groups excluding carboxylic acids is 2. The van der Waals surface area contributed by atoms with E-state index in [4.69, 9.17) is 9.47 Å². The normalized spacial score (nSPS) is 11.8. The third-order valence-electron chi connectivity index (χ3n) is 4.07. The molecule has 0 radical (unpaired) electrons. The molecule has 0 N–H and O–H groups in total. The van der Waals surface area contributed by atoms with Crippen molar-refractivity contribution >= 4 is 11.9 Å². The Bertz CT molecular complexity index is 338. The Labute approximate surface area is 155 Å². The molecule has 0 saturated heterocycles. The predicted molar refractivity (Wildman–Crippen MR) is 102 cm³/mol. The van der Waals surface area contributed by atoms with Crippen LogP contribution in [0.2, 0.25) is 0 Å². The average Bonchev–Trinajstić information content (AvgIpc) is 2.51. The smallest absolute Gasteiger partial charge is 0.305 e. The van der Waals surface area contributed by atoms with Crippen LogP contribution in [0.1, 0.15) is 92.9 Å². The SMILES string of the molecule is CC(C)CCCCC(=O)OCC(C)(C)COC(=O)CCCCC(C)C. The molecule has 0 aliphatic carbocycles. The maximum Gasteiger partial charge on any atom is 0.305 e. The first-order chi connectivity index (χ1) is 11.6. The van der Waals surface area contributed by atoms with Crippen molar-refractivity contribution in [2.24, 2.45) is 17.3 Å². The van der Waals surface area contributed by atoms with E-state index >= 15 is 0 Å². The molecule has 25 heavy (non-hydrogen) atoms. The van der Waals surface area contributed by atoms with Crippen molar-refractivity contribution in [3.05, 3.63) is 0 Å². The Hall–Kier alpha value is -1.06. The van der Waals surface area contributed by atoms with Gasteiger partial charge in [-0.1, -0.05) is 67.2 Å². The van der Waals surface area contributed by atoms with Gasteiger partial charge in [0.15, 0.2) is 0 Å².